The first-order chi connectivity index (χ1) is 10.7. The summed E-state index contributed by atoms with van der Waals surface area (Å²) >= 11 is 0. The van der Waals surface area contributed by atoms with E-state index in [2.05, 4.69) is 33.8 Å². The molecule has 0 N–H and O–H groups in total. The highest BCUT2D eigenvalue weighted by atomic mass is 16.1. The van der Waals surface area contributed by atoms with Crippen molar-refractivity contribution in [3.8, 4) is 0 Å². The standard InChI is InChI=1S/C21H30O2/c1-19(2)16-7-5-13-14-6-8-18(23)21(14,4)11-9-15(13)20(16,3)12-10-17(19)22/h10,12-16H,5-9,11H2,1-4H3/t13-,14-,15-,16?,20+,21-/m0/s1. The molecule has 0 saturated heterocycles. The molecule has 0 aromatic carbocycles. The summed E-state index contributed by atoms with van der Waals surface area (Å²) in [5.41, 5.74) is -0.151. The van der Waals surface area contributed by atoms with Crippen molar-refractivity contribution in [2.45, 2.75) is 66.2 Å². The van der Waals surface area contributed by atoms with Crippen molar-refractivity contribution in [2.75, 3.05) is 0 Å². The van der Waals surface area contributed by atoms with Crippen LogP contribution in [0.25, 0.3) is 0 Å². The van der Waals surface area contributed by atoms with Crippen LogP contribution in [0.5, 0.6) is 0 Å². The Balaban J connectivity index is 1.73. The SMILES string of the molecule is CC1(C)C(=O)C=C[C@@]2(C)C1CC[C@@H]1[C@@H]2CC[C@]2(C)C(=O)CC[C@@H]12. The summed E-state index contributed by atoms with van der Waals surface area (Å²) in [5, 5.41) is 0. The normalized spacial score (nSPS) is 51.1. The Hall–Kier alpha value is -0.920. The van der Waals surface area contributed by atoms with Gasteiger partial charge in [-0.3, -0.25) is 9.59 Å². The van der Waals surface area contributed by atoms with E-state index in [1.807, 2.05) is 6.08 Å². The number of fused-ring (bicyclic) bond motifs is 5. The molecule has 0 bridgehead atoms. The molecule has 4 aliphatic rings. The van der Waals surface area contributed by atoms with E-state index in [1.165, 1.54) is 6.42 Å². The van der Waals surface area contributed by atoms with Gasteiger partial charge in [-0.15, -0.1) is 0 Å². The molecule has 0 aromatic heterocycles. The van der Waals surface area contributed by atoms with Crippen molar-refractivity contribution in [3.63, 3.8) is 0 Å². The fourth-order valence-electron chi connectivity index (χ4n) is 7.18. The van der Waals surface area contributed by atoms with E-state index < -0.39 is 0 Å². The maximum absolute atomic E-state index is 12.5. The molecule has 126 valence electrons. The average Bonchev–Trinajstić information content (AvgIpc) is 2.79. The highest BCUT2D eigenvalue weighted by Gasteiger charge is 2.62. The highest BCUT2D eigenvalue weighted by molar-refractivity contribution is 5.95. The number of carbonyl (C=O) groups excluding carboxylic acids is 2. The fourth-order valence-corrected chi connectivity index (χ4v) is 7.18. The Bertz CT molecular complexity index is 601. The summed E-state index contributed by atoms with van der Waals surface area (Å²) in [7, 11) is 0. The molecule has 0 aliphatic heterocycles. The molecule has 4 rings (SSSR count). The minimum atomic E-state index is -0.235. The summed E-state index contributed by atoms with van der Waals surface area (Å²) in [6.07, 6.45) is 10.6. The molecular formula is C21H30O2. The van der Waals surface area contributed by atoms with Crippen LogP contribution in [0.2, 0.25) is 0 Å². The maximum atomic E-state index is 12.5. The first kappa shape index (κ1) is 15.6. The Morgan fingerprint density at radius 1 is 0.957 bits per heavy atom. The van der Waals surface area contributed by atoms with Gasteiger partial charge in [0.15, 0.2) is 5.78 Å². The third-order valence-electron chi connectivity index (χ3n) is 8.58. The largest absolute Gasteiger partial charge is 0.299 e. The lowest BCUT2D eigenvalue weighted by Gasteiger charge is -2.60. The van der Waals surface area contributed by atoms with E-state index in [1.54, 1.807) is 0 Å². The minimum absolute atomic E-state index is 0.0475. The number of allylic oxidation sites excluding steroid dienone is 2. The van der Waals surface area contributed by atoms with Gasteiger partial charge in [0, 0.05) is 17.3 Å². The van der Waals surface area contributed by atoms with Crippen molar-refractivity contribution in [3.05, 3.63) is 12.2 Å². The lowest BCUT2D eigenvalue weighted by atomic mass is 9.43. The van der Waals surface area contributed by atoms with Crippen LogP contribution in [0.15, 0.2) is 12.2 Å². The van der Waals surface area contributed by atoms with Gasteiger partial charge in [-0.25, -0.2) is 0 Å². The van der Waals surface area contributed by atoms with Gasteiger partial charge in [0.2, 0.25) is 0 Å². The van der Waals surface area contributed by atoms with E-state index in [4.69, 9.17) is 0 Å². The summed E-state index contributed by atoms with van der Waals surface area (Å²) < 4.78 is 0. The first-order valence-electron chi connectivity index (χ1n) is 9.48. The van der Waals surface area contributed by atoms with Crippen LogP contribution in [0.1, 0.15) is 66.2 Å². The second kappa shape index (κ2) is 4.58. The Labute approximate surface area is 140 Å². The van der Waals surface area contributed by atoms with Gasteiger partial charge in [-0.2, -0.15) is 0 Å². The van der Waals surface area contributed by atoms with Gasteiger partial charge < -0.3 is 0 Å². The predicted molar refractivity (Wildman–Crippen MR) is 90.8 cm³/mol. The minimum Gasteiger partial charge on any atom is -0.299 e. The lowest BCUT2D eigenvalue weighted by Crippen LogP contribution is -2.56. The Morgan fingerprint density at radius 2 is 1.70 bits per heavy atom. The lowest BCUT2D eigenvalue weighted by molar-refractivity contribution is -0.144. The van der Waals surface area contributed by atoms with Gasteiger partial charge in [0.25, 0.3) is 0 Å². The van der Waals surface area contributed by atoms with Crippen LogP contribution >= 0.6 is 0 Å². The molecule has 4 aliphatic carbocycles. The van der Waals surface area contributed by atoms with E-state index in [0.29, 0.717) is 35.2 Å². The monoisotopic (exact) mass is 314 g/mol. The number of ketones is 2. The Morgan fingerprint density at radius 3 is 2.43 bits per heavy atom. The number of Topliss-reactive ketones (excluding diaryl/α,β-unsaturated/α-hetero) is 1. The number of hydrogen-bond acceptors (Lipinski definition) is 2. The van der Waals surface area contributed by atoms with Crippen LogP contribution < -0.4 is 0 Å². The topological polar surface area (TPSA) is 34.1 Å². The van der Waals surface area contributed by atoms with Crippen molar-refractivity contribution >= 4 is 11.6 Å². The number of carbonyl (C=O) groups is 2. The molecule has 6 atom stereocenters. The number of hydrogen-bond donors (Lipinski definition) is 0. The third-order valence-corrected chi connectivity index (χ3v) is 8.58. The molecule has 0 aromatic rings. The van der Waals surface area contributed by atoms with Crippen molar-refractivity contribution in [1.82, 2.24) is 0 Å². The fraction of sp³-hybridized carbons (Fsp3) is 0.810. The van der Waals surface area contributed by atoms with E-state index in [9.17, 15) is 9.59 Å². The zero-order valence-electron chi connectivity index (χ0n) is 15.0. The van der Waals surface area contributed by atoms with Crippen LogP contribution in [0.4, 0.5) is 0 Å². The van der Waals surface area contributed by atoms with Crippen molar-refractivity contribution in [2.24, 2.45) is 39.9 Å². The van der Waals surface area contributed by atoms with E-state index >= 15 is 0 Å². The highest BCUT2D eigenvalue weighted by Crippen LogP contribution is 2.66. The molecule has 3 saturated carbocycles. The second-order valence-corrected chi connectivity index (χ2v) is 9.71. The van der Waals surface area contributed by atoms with Crippen molar-refractivity contribution in [1.29, 1.82) is 0 Å². The smallest absolute Gasteiger partial charge is 0.161 e. The second-order valence-electron chi connectivity index (χ2n) is 9.71. The predicted octanol–water partition coefficient (Wildman–Crippen LogP) is 4.58. The molecule has 23 heavy (non-hydrogen) atoms. The van der Waals surface area contributed by atoms with Crippen LogP contribution in [0, 0.1) is 39.9 Å². The third kappa shape index (κ3) is 1.81. The molecule has 0 spiro atoms. The summed E-state index contributed by atoms with van der Waals surface area (Å²) in [6.45, 7) is 8.93. The first-order valence-corrected chi connectivity index (χ1v) is 9.48. The van der Waals surface area contributed by atoms with E-state index in [0.717, 1.165) is 32.1 Å². The Kier molecular flexibility index (Phi) is 3.11. The summed E-state index contributed by atoms with van der Waals surface area (Å²) in [4.78, 5) is 24.9. The molecule has 3 fully saturated rings. The maximum Gasteiger partial charge on any atom is 0.161 e. The molecule has 0 radical (unpaired) electrons. The quantitative estimate of drug-likeness (QED) is 0.656. The van der Waals surface area contributed by atoms with Gasteiger partial charge in [0.1, 0.15) is 5.78 Å². The van der Waals surface area contributed by atoms with Crippen LogP contribution in [-0.2, 0) is 9.59 Å². The average molecular weight is 314 g/mol. The molecule has 2 heteroatoms. The molecule has 0 amide bonds. The zero-order valence-corrected chi connectivity index (χ0v) is 15.0. The summed E-state index contributed by atoms with van der Waals surface area (Å²) in [5.74, 6) is 3.18. The molecular weight excluding hydrogens is 284 g/mol. The van der Waals surface area contributed by atoms with Gasteiger partial charge in [-0.1, -0.05) is 33.8 Å². The van der Waals surface area contributed by atoms with E-state index in [-0.39, 0.29) is 16.2 Å². The van der Waals surface area contributed by atoms with Crippen LogP contribution in [-0.4, -0.2) is 11.6 Å². The molecule has 0 heterocycles. The van der Waals surface area contributed by atoms with Gasteiger partial charge >= 0.3 is 0 Å². The van der Waals surface area contributed by atoms with Gasteiger partial charge in [-0.05, 0) is 67.3 Å². The van der Waals surface area contributed by atoms with Crippen LogP contribution in [0.3, 0.4) is 0 Å². The summed E-state index contributed by atoms with van der Waals surface area (Å²) in [6, 6.07) is 0. The molecule has 1 unspecified atom stereocenters. The van der Waals surface area contributed by atoms with Crippen molar-refractivity contribution < 1.29 is 9.59 Å². The van der Waals surface area contributed by atoms with Gasteiger partial charge in [0.05, 0.1) is 0 Å². The zero-order chi connectivity index (χ0) is 16.6. The molecule has 2 nitrogen and oxygen atoms in total. The number of rotatable bonds is 0.